The summed E-state index contributed by atoms with van der Waals surface area (Å²) in [6.45, 7) is 5.50. The maximum Gasteiger partial charge on any atom is 0.246 e. The number of nitrogens with one attached hydrogen (secondary N) is 16. The van der Waals surface area contributed by atoms with Gasteiger partial charge in [-0.1, -0.05) is 161 Å². The molecule has 41 nitrogen and oxygen atoms in total. The Balaban J connectivity index is 0.698. The Bertz CT molecular complexity index is 5690. The Morgan fingerprint density at radius 2 is 0.808 bits per heavy atom. The molecule has 2 saturated heterocycles. The van der Waals surface area contributed by atoms with Gasteiger partial charge in [-0.15, -0.1) is 0 Å². The van der Waals surface area contributed by atoms with Gasteiger partial charge in [0.2, 0.25) is 82.7 Å². The number of likely N-dealkylation sites (N-methyl/N-ethyl adjacent to an activating group) is 2. The van der Waals surface area contributed by atoms with E-state index < -0.39 is 225 Å². The summed E-state index contributed by atoms with van der Waals surface area (Å²) in [5, 5.41) is 81.9. The van der Waals surface area contributed by atoms with Crippen molar-refractivity contribution in [1.82, 2.24) is 84.2 Å². The van der Waals surface area contributed by atoms with Gasteiger partial charge in [0.25, 0.3) is 0 Å². The molecule has 774 valence electrons. The molecule has 8 heterocycles. The minimum atomic E-state index is -1.71. The summed E-state index contributed by atoms with van der Waals surface area (Å²) in [6, 6.07) is 36.5. The van der Waals surface area contributed by atoms with Gasteiger partial charge < -0.3 is 132 Å². The van der Waals surface area contributed by atoms with E-state index in [0.717, 1.165) is 22.5 Å². The highest BCUT2D eigenvalue weighted by Gasteiger charge is 2.50. The molecular formula is C105H130N22O19. The van der Waals surface area contributed by atoms with Crippen molar-refractivity contribution in [3.8, 4) is 34.5 Å². The molecule has 14 amide bonds. The number of aromatic hydroxyl groups is 2. The number of hydrogen-bond donors (Lipinski definition) is 23. The second-order valence-corrected chi connectivity index (χ2v) is 38.7. The number of phenols is 2. The van der Waals surface area contributed by atoms with Crippen LogP contribution in [0.25, 0.3) is 0 Å². The Morgan fingerprint density at radius 3 is 1.16 bits per heavy atom. The summed E-state index contributed by atoms with van der Waals surface area (Å²) in [4.78, 5) is 209. The van der Waals surface area contributed by atoms with Crippen LogP contribution in [-0.4, -0.2) is 252 Å². The van der Waals surface area contributed by atoms with Crippen LogP contribution in [-0.2, 0) is 92.8 Å². The second-order valence-electron chi connectivity index (χ2n) is 38.7. The van der Waals surface area contributed by atoms with Gasteiger partial charge in [-0.05, 0) is 157 Å². The normalized spacial score (nSPS) is 22.0. The van der Waals surface area contributed by atoms with Crippen molar-refractivity contribution < 1.29 is 91.9 Å². The van der Waals surface area contributed by atoms with Gasteiger partial charge in [0.15, 0.2) is 23.0 Å². The Kier molecular flexibility index (Phi) is 35.8. The largest absolute Gasteiger partial charge is 0.504 e. The lowest BCUT2D eigenvalue weighted by atomic mass is 9.83. The van der Waals surface area contributed by atoms with Crippen LogP contribution in [0.5, 0.6) is 34.5 Å². The maximum absolute atomic E-state index is 16.1. The van der Waals surface area contributed by atoms with Gasteiger partial charge in [0.05, 0.1) is 43.1 Å². The zero-order chi connectivity index (χ0) is 104. The second kappa shape index (κ2) is 49.0. The number of aliphatic hydroxyl groups excluding tert-OH is 1. The number of anilines is 2. The molecule has 8 aliphatic rings. The standard InChI is InChI=1S/C105H130N22O19/c1-55(2)37-72(110-5)94(133)118-74-39-59-25-31-64(32-26-59)145-88-43-61(29-35-86(88)129)92(124-98(137)76(47-90(108)131)120-96(74)135)116-80(49-106)100(139)122-78(41-57-17-9-7-10-18-57)104(143)126-53-82-68(66-21-13-15-23-70(66)114-82)45-84(126)102(141)112-51-63(128)52-113-103(142)85-46-69-67-22-14-16-24-71(67)115-83(69)54-127(85)105(144)79(42-58-19-11-8-12-20-58)123-101(140)81(50-107)117-93-62-30-36-87(130)89(44-62)146-65-33-27-60(28-34-65)40-75(119-95(134)73(111-6)38-56(3)4)97(136)121-77(48-91(109)132)99(138)125-93/h7-36,43-44,55-56,63,68-69,72-85,92-93,110-111,114-117,128-130H,37-42,45-54,106-107H2,1-6H3,(H2,108,131)(H2,109,132)(H,112,141)(H,113,142)(H,118,133)(H,119,134)(H,120,135)(H,121,136)(H,122,139)(H,123,140)(H,124,137)(H,125,138)/t63?,68?,69?,72-,73-,74-,75-,76+,77+,78+,79+,80+,81+,82?,83?,84+,85+,92?,93?/m1/s1. The molecule has 0 saturated carbocycles. The molecule has 146 heavy (non-hydrogen) atoms. The number of primary amides is 2. The number of fused-ring (bicyclic) bond motifs is 24. The highest BCUT2D eigenvalue weighted by molar-refractivity contribution is 5.99. The van der Waals surface area contributed by atoms with E-state index in [9.17, 15) is 53.7 Å². The molecule has 41 heteroatoms. The first kappa shape index (κ1) is 107. The average Bonchev–Trinajstić information content (AvgIpc) is 1.61. The summed E-state index contributed by atoms with van der Waals surface area (Å²) >= 11 is 0. The van der Waals surface area contributed by atoms with Crippen LogP contribution < -0.4 is 117 Å². The number of ether oxygens (including phenoxy) is 2. The topological polar surface area (TPSA) is 621 Å². The monoisotopic (exact) mass is 2000 g/mol. The molecule has 0 aromatic heterocycles. The van der Waals surface area contributed by atoms with Crippen LogP contribution in [0.1, 0.15) is 135 Å². The van der Waals surface area contributed by atoms with E-state index in [0.29, 0.717) is 35.1 Å². The number of carbonyl (C=O) groups excluding carboxylic acids is 14. The van der Waals surface area contributed by atoms with Crippen molar-refractivity contribution in [3.05, 3.63) is 239 Å². The van der Waals surface area contributed by atoms with Gasteiger partial charge in [0, 0.05) is 88.2 Å². The number of nitrogens with two attached hydrogens (primary N) is 4. The number of likely N-dealkylation sites (tertiary alicyclic amines) is 2. The van der Waals surface area contributed by atoms with Gasteiger partial charge in [-0.25, -0.2) is 0 Å². The molecule has 2 fully saturated rings. The summed E-state index contributed by atoms with van der Waals surface area (Å²) in [5.74, 6) is -12.4. The number of piperidine rings is 2. The van der Waals surface area contributed by atoms with Crippen LogP contribution in [0.15, 0.2) is 194 Å². The van der Waals surface area contributed by atoms with Crippen LogP contribution in [0.2, 0.25) is 0 Å². The van der Waals surface area contributed by atoms with E-state index in [-0.39, 0.29) is 121 Å². The molecule has 0 aliphatic carbocycles. The zero-order valence-electron chi connectivity index (χ0n) is 82.0. The lowest BCUT2D eigenvalue weighted by molar-refractivity contribution is -0.146. The smallest absolute Gasteiger partial charge is 0.246 e. The molecule has 0 radical (unpaired) electrons. The zero-order valence-corrected chi connectivity index (χ0v) is 82.0. The van der Waals surface area contributed by atoms with E-state index in [4.69, 9.17) is 32.4 Å². The number of amides is 14. The van der Waals surface area contributed by atoms with E-state index in [2.05, 4.69) is 85.1 Å². The van der Waals surface area contributed by atoms with Crippen molar-refractivity contribution in [3.63, 3.8) is 0 Å². The number of para-hydroxylation sites is 2. The molecular weight excluding hydrogens is 1870 g/mol. The number of aliphatic hydroxyl groups is 1. The molecule has 8 aromatic rings. The van der Waals surface area contributed by atoms with Crippen molar-refractivity contribution in [2.45, 2.75) is 207 Å². The Morgan fingerprint density at radius 1 is 0.438 bits per heavy atom. The quantitative estimate of drug-likeness (QED) is 0.0260. The number of phenolic OH excluding ortho intramolecular Hbond substituents is 2. The van der Waals surface area contributed by atoms with Crippen molar-refractivity contribution in [2.24, 2.45) is 34.8 Å². The first-order chi connectivity index (χ1) is 70.1. The number of hydrogen-bond acceptors (Lipinski definition) is 27. The predicted molar refractivity (Wildman–Crippen MR) is 540 cm³/mol. The minimum Gasteiger partial charge on any atom is -0.504 e. The van der Waals surface area contributed by atoms with E-state index >= 15 is 28.8 Å². The third-order valence-electron chi connectivity index (χ3n) is 27.2. The minimum absolute atomic E-state index is 0.0288. The van der Waals surface area contributed by atoms with Crippen LogP contribution in [0.3, 0.4) is 0 Å². The van der Waals surface area contributed by atoms with Crippen LogP contribution in [0, 0.1) is 11.8 Å². The summed E-state index contributed by atoms with van der Waals surface area (Å²) in [6.07, 6.45) is -5.68. The highest BCUT2D eigenvalue weighted by atomic mass is 16.5. The third-order valence-corrected chi connectivity index (χ3v) is 27.2. The van der Waals surface area contributed by atoms with Gasteiger partial charge in [-0.3, -0.25) is 77.8 Å². The van der Waals surface area contributed by atoms with Crippen LogP contribution >= 0.6 is 0 Å². The number of nitrogens with zero attached hydrogens (tertiary/aromatic N) is 2. The van der Waals surface area contributed by atoms with Crippen molar-refractivity contribution in [1.29, 1.82) is 0 Å². The Labute approximate surface area is 844 Å². The van der Waals surface area contributed by atoms with Gasteiger partial charge >= 0.3 is 0 Å². The molecule has 27 N–H and O–H groups in total. The highest BCUT2D eigenvalue weighted by Crippen LogP contribution is 2.46. The first-order valence-electron chi connectivity index (χ1n) is 49.2. The molecule has 6 unspecified atom stereocenters. The molecule has 8 aromatic carbocycles. The summed E-state index contributed by atoms with van der Waals surface area (Å²) < 4.78 is 12.4. The first-order valence-corrected chi connectivity index (χ1v) is 49.2. The fourth-order valence-electron chi connectivity index (χ4n) is 19.6. The van der Waals surface area contributed by atoms with E-state index in [1.807, 2.05) is 76.2 Å². The fraction of sp³-hybridized carbons (Fsp3) is 0.410. The molecule has 8 bridgehead atoms. The summed E-state index contributed by atoms with van der Waals surface area (Å²) in [5.41, 5.74) is 30.4. The van der Waals surface area contributed by atoms with Crippen LogP contribution in [0.4, 0.5) is 11.4 Å². The third kappa shape index (κ3) is 27.1. The van der Waals surface area contributed by atoms with Crippen molar-refractivity contribution >= 4 is 94.1 Å². The lowest BCUT2D eigenvalue weighted by Crippen LogP contribution is -2.64. The van der Waals surface area contributed by atoms with Gasteiger partial charge in [-0.2, -0.15) is 0 Å². The van der Waals surface area contributed by atoms with Gasteiger partial charge in [0.1, 0.15) is 84.2 Å². The van der Waals surface area contributed by atoms with E-state index in [1.165, 1.54) is 46.2 Å². The number of carbonyl (C=O) groups is 14. The van der Waals surface area contributed by atoms with E-state index in [1.54, 1.807) is 123 Å². The molecule has 16 rings (SSSR count). The maximum atomic E-state index is 16.1. The average molecular weight is 2000 g/mol. The molecule has 18 atom stereocenters. The van der Waals surface area contributed by atoms with Crippen molar-refractivity contribution in [2.75, 3.05) is 64.0 Å². The molecule has 0 spiro atoms. The SMILES string of the molecule is CN[C@H](CC(C)C)C(=O)N[C@@H]1Cc2ccc(cc2)Oc2cc(ccc2O)C(N[C@@H](CN)C(=O)N[C@@H](Cc2ccccc2)C(=O)N2CC3Nc4ccccc4C3C[C@H]2C(=O)NCC(O)CNC(=O)[C@@H]2CC3c4ccccc4NC3CN2C(=O)[C@H](Cc2ccccc2)NC(=O)[C@H](CN)NC2NC(=O)[C@H](CC(N)=O)NC(=O)[C@H](NC(=O)[C@@H](CC(C)C)NC)Cc3ccc(cc3)Oc3cc2ccc3O)NC(=O)[C@H](CC(N)=O)NC1=O. The number of benzene rings is 8. The Hall–Kier alpha value is -15.1. The molecule has 8 aliphatic heterocycles. The lowest BCUT2D eigenvalue weighted by Gasteiger charge is -2.42. The fourth-order valence-corrected chi connectivity index (χ4v) is 19.6. The number of rotatable bonds is 36. The summed E-state index contributed by atoms with van der Waals surface area (Å²) in [7, 11) is 3.22. The predicted octanol–water partition coefficient (Wildman–Crippen LogP) is 0.922.